The van der Waals surface area contributed by atoms with Crippen LogP contribution in [0.4, 0.5) is 0 Å². The van der Waals surface area contributed by atoms with Crippen molar-refractivity contribution in [3.8, 4) is 0 Å². The SMILES string of the molecule is CCC(C)C(C)NC(=O)Cc1nc(CCl)cs1. The highest BCUT2D eigenvalue weighted by Crippen LogP contribution is 2.13. The van der Waals surface area contributed by atoms with E-state index < -0.39 is 0 Å². The van der Waals surface area contributed by atoms with Gasteiger partial charge in [0.2, 0.25) is 5.91 Å². The van der Waals surface area contributed by atoms with Crippen LogP contribution in [0.15, 0.2) is 5.38 Å². The fourth-order valence-corrected chi connectivity index (χ4v) is 2.45. The molecule has 1 heterocycles. The third-order valence-electron chi connectivity index (χ3n) is 2.93. The zero-order valence-corrected chi connectivity index (χ0v) is 12.1. The van der Waals surface area contributed by atoms with Gasteiger partial charge in [0.15, 0.2) is 0 Å². The van der Waals surface area contributed by atoms with E-state index in [2.05, 4.69) is 24.1 Å². The lowest BCUT2D eigenvalue weighted by Crippen LogP contribution is -2.37. The second-order valence-electron chi connectivity index (χ2n) is 4.28. The summed E-state index contributed by atoms with van der Waals surface area (Å²) < 4.78 is 0. The van der Waals surface area contributed by atoms with Gasteiger partial charge in [0, 0.05) is 11.4 Å². The van der Waals surface area contributed by atoms with E-state index in [9.17, 15) is 4.79 Å². The van der Waals surface area contributed by atoms with Crippen molar-refractivity contribution in [3.05, 3.63) is 16.1 Å². The van der Waals surface area contributed by atoms with Crippen molar-refractivity contribution in [1.82, 2.24) is 10.3 Å². The molecule has 0 aromatic carbocycles. The van der Waals surface area contributed by atoms with Crippen molar-refractivity contribution in [1.29, 1.82) is 0 Å². The molecule has 0 aliphatic rings. The number of rotatable bonds is 6. The number of nitrogens with one attached hydrogen (secondary N) is 1. The topological polar surface area (TPSA) is 42.0 Å². The van der Waals surface area contributed by atoms with E-state index in [4.69, 9.17) is 11.6 Å². The normalized spacial score (nSPS) is 14.4. The van der Waals surface area contributed by atoms with Crippen LogP contribution >= 0.6 is 22.9 Å². The molecular formula is C12H19ClN2OS. The number of hydrogen-bond acceptors (Lipinski definition) is 3. The maximum atomic E-state index is 11.8. The summed E-state index contributed by atoms with van der Waals surface area (Å²) in [5, 5.41) is 5.73. The van der Waals surface area contributed by atoms with Gasteiger partial charge in [-0.25, -0.2) is 4.98 Å². The maximum Gasteiger partial charge on any atom is 0.227 e. The Labute approximate surface area is 112 Å². The van der Waals surface area contributed by atoms with Crippen molar-refractivity contribution >= 4 is 28.8 Å². The standard InChI is InChI=1S/C12H19ClN2OS/c1-4-8(2)9(3)14-11(16)5-12-15-10(6-13)7-17-12/h7-9H,4-6H2,1-3H3,(H,14,16). The average molecular weight is 275 g/mol. The number of hydrogen-bond donors (Lipinski definition) is 1. The third-order valence-corrected chi connectivity index (χ3v) is 4.11. The van der Waals surface area contributed by atoms with E-state index >= 15 is 0 Å². The first-order valence-corrected chi connectivity index (χ1v) is 7.26. The molecule has 1 aromatic rings. The van der Waals surface area contributed by atoms with Crippen molar-refractivity contribution in [2.45, 2.75) is 45.5 Å². The Hall–Kier alpha value is -0.610. The van der Waals surface area contributed by atoms with E-state index in [0.29, 0.717) is 18.2 Å². The molecule has 2 atom stereocenters. The smallest absolute Gasteiger partial charge is 0.227 e. The summed E-state index contributed by atoms with van der Waals surface area (Å²) in [5.41, 5.74) is 0.842. The average Bonchev–Trinajstić information content (AvgIpc) is 2.75. The minimum atomic E-state index is 0.0354. The first kappa shape index (κ1) is 14.5. The number of carbonyl (C=O) groups is 1. The molecule has 0 radical (unpaired) electrons. The van der Waals surface area contributed by atoms with Crippen LogP contribution in [0.25, 0.3) is 0 Å². The Morgan fingerprint density at radius 3 is 2.82 bits per heavy atom. The van der Waals surface area contributed by atoms with Gasteiger partial charge < -0.3 is 5.32 Å². The van der Waals surface area contributed by atoms with E-state index in [1.54, 1.807) is 0 Å². The van der Waals surface area contributed by atoms with Crippen LogP contribution in [0.2, 0.25) is 0 Å². The number of halogens is 1. The zero-order valence-electron chi connectivity index (χ0n) is 10.5. The van der Waals surface area contributed by atoms with Crippen molar-refractivity contribution in [3.63, 3.8) is 0 Å². The molecule has 0 aliphatic heterocycles. The van der Waals surface area contributed by atoms with Crippen molar-refractivity contribution < 1.29 is 4.79 Å². The van der Waals surface area contributed by atoms with Crippen LogP contribution < -0.4 is 5.32 Å². The molecule has 0 bridgehead atoms. The van der Waals surface area contributed by atoms with E-state index in [1.807, 2.05) is 12.3 Å². The lowest BCUT2D eigenvalue weighted by Gasteiger charge is -2.19. The number of amides is 1. The second-order valence-corrected chi connectivity index (χ2v) is 5.49. The minimum Gasteiger partial charge on any atom is -0.353 e. The summed E-state index contributed by atoms with van der Waals surface area (Å²) in [4.78, 5) is 16.0. The number of thiazole rings is 1. The van der Waals surface area contributed by atoms with Gasteiger partial charge in [-0.15, -0.1) is 22.9 Å². The second kappa shape index (κ2) is 6.97. The monoisotopic (exact) mass is 274 g/mol. The first-order valence-electron chi connectivity index (χ1n) is 5.85. The summed E-state index contributed by atoms with van der Waals surface area (Å²) in [7, 11) is 0. The molecule has 1 rings (SSSR count). The molecule has 1 N–H and O–H groups in total. The lowest BCUT2D eigenvalue weighted by molar-refractivity contribution is -0.121. The number of aromatic nitrogens is 1. The Kier molecular flexibility index (Phi) is 5.92. The molecule has 0 spiro atoms. The number of carbonyl (C=O) groups excluding carboxylic acids is 1. The van der Waals surface area contributed by atoms with Gasteiger partial charge in [-0.05, 0) is 12.8 Å². The molecule has 0 saturated carbocycles. The van der Waals surface area contributed by atoms with Gasteiger partial charge in [-0.2, -0.15) is 0 Å². The van der Waals surface area contributed by atoms with Crippen LogP contribution in [0.1, 0.15) is 37.9 Å². The molecule has 3 nitrogen and oxygen atoms in total. The Morgan fingerprint density at radius 1 is 1.59 bits per heavy atom. The van der Waals surface area contributed by atoms with Gasteiger partial charge in [-0.1, -0.05) is 20.3 Å². The highest BCUT2D eigenvalue weighted by Gasteiger charge is 2.14. The van der Waals surface area contributed by atoms with Gasteiger partial charge in [0.05, 0.1) is 18.0 Å². The van der Waals surface area contributed by atoms with Crippen molar-refractivity contribution in [2.75, 3.05) is 0 Å². The molecular weight excluding hydrogens is 256 g/mol. The highest BCUT2D eigenvalue weighted by molar-refractivity contribution is 7.09. The Balaban J connectivity index is 2.44. The van der Waals surface area contributed by atoms with Gasteiger partial charge in [0.1, 0.15) is 5.01 Å². The third kappa shape index (κ3) is 4.64. The van der Waals surface area contributed by atoms with Gasteiger partial charge >= 0.3 is 0 Å². The molecule has 1 aromatic heterocycles. The van der Waals surface area contributed by atoms with E-state index in [-0.39, 0.29) is 11.9 Å². The Morgan fingerprint density at radius 2 is 2.29 bits per heavy atom. The van der Waals surface area contributed by atoms with E-state index in [1.165, 1.54) is 11.3 Å². The molecule has 5 heteroatoms. The minimum absolute atomic E-state index is 0.0354. The molecule has 96 valence electrons. The summed E-state index contributed by atoms with van der Waals surface area (Å²) in [6.45, 7) is 6.30. The van der Waals surface area contributed by atoms with Crippen LogP contribution in [-0.4, -0.2) is 16.9 Å². The van der Waals surface area contributed by atoms with Gasteiger partial charge in [-0.3, -0.25) is 4.79 Å². The molecule has 1 amide bonds. The number of nitrogens with zero attached hydrogens (tertiary/aromatic N) is 1. The molecule has 2 unspecified atom stereocenters. The van der Waals surface area contributed by atoms with Crippen molar-refractivity contribution in [2.24, 2.45) is 5.92 Å². The maximum absolute atomic E-state index is 11.8. The van der Waals surface area contributed by atoms with E-state index in [0.717, 1.165) is 17.1 Å². The predicted octanol–water partition coefficient (Wildman–Crippen LogP) is 2.98. The molecule has 0 saturated heterocycles. The summed E-state index contributed by atoms with van der Waals surface area (Å²) in [6, 6.07) is 0.208. The fraction of sp³-hybridized carbons (Fsp3) is 0.667. The Bertz CT molecular complexity index is 367. The summed E-state index contributed by atoms with van der Waals surface area (Å²) in [6.07, 6.45) is 1.41. The summed E-state index contributed by atoms with van der Waals surface area (Å²) >= 11 is 7.15. The van der Waals surface area contributed by atoms with Crippen LogP contribution in [-0.2, 0) is 17.1 Å². The number of alkyl halides is 1. The largest absolute Gasteiger partial charge is 0.353 e. The zero-order chi connectivity index (χ0) is 12.8. The fourth-order valence-electron chi connectivity index (χ4n) is 1.43. The first-order chi connectivity index (χ1) is 8.06. The van der Waals surface area contributed by atoms with Crippen LogP contribution in [0.5, 0.6) is 0 Å². The van der Waals surface area contributed by atoms with Crippen LogP contribution in [0, 0.1) is 5.92 Å². The lowest BCUT2D eigenvalue weighted by atomic mass is 10.0. The summed E-state index contributed by atoms with van der Waals surface area (Å²) in [5.74, 6) is 0.934. The van der Waals surface area contributed by atoms with Gasteiger partial charge in [0.25, 0.3) is 0 Å². The van der Waals surface area contributed by atoms with Crippen LogP contribution in [0.3, 0.4) is 0 Å². The molecule has 0 aliphatic carbocycles. The highest BCUT2D eigenvalue weighted by atomic mass is 35.5. The quantitative estimate of drug-likeness (QED) is 0.811. The molecule has 0 fully saturated rings. The molecule has 17 heavy (non-hydrogen) atoms. The predicted molar refractivity (Wildman–Crippen MR) is 72.4 cm³/mol.